The van der Waals surface area contributed by atoms with Crippen molar-refractivity contribution in [3.8, 4) is 11.4 Å². The minimum atomic E-state index is -0.254. The highest BCUT2D eigenvalue weighted by Gasteiger charge is 2.01. The van der Waals surface area contributed by atoms with E-state index < -0.39 is 0 Å². The maximum Gasteiger partial charge on any atom is 0.159 e. The zero-order valence-corrected chi connectivity index (χ0v) is 9.41. The SMILES string of the molecule is Fc1ccc(-c2nccc(CBr)n2)cc1. The first-order valence-corrected chi connectivity index (χ1v) is 5.55. The molecule has 15 heavy (non-hydrogen) atoms. The van der Waals surface area contributed by atoms with E-state index in [4.69, 9.17) is 0 Å². The summed E-state index contributed by atoms with van der Waals surface area (Å²) in [5.74, 6) is 0.363. The van der Waals surface area contributed by atoms with Crippen molar-refractivity contribution in [2.75, 3.05) is 0 Å². The predicted octanol–water partition coefficient (Wildman–Crippen LogP) is 3.18. The van der Waals surface area contributed by atoms with Gasteiger partial charge in [-0.25, -0.2) is 14.4 Å². The summed E-state index contributed by atoms with van der Waals surface area (Å²) >= 11 is 3.33. The van der Waals surface area contributed by atoms with Crippen LogP contribution in [0.3, 0.4) is 0 Å². The minimum absolute atomic E-state index is 0.254. The Kier molecular flexibility index (Phi) is 3.06. The zero-order valence-electron chi connectivity index (χ0n) is 7.82. The molecule has 0 aliphatic rings. The fourth-order valence-electron chi connectivity index (χ4n) is 1.21. The molecule has 0 amide bonds. The van der Waals surface area contributed by atoms with Crippen LogP contribution in [0.1, 0.15) is 5.69 Å². The first-order chi connectivity index (χ1) is 7.29. The first-order valence-electron chi connectivity index (χ1n) is 4.43. The van der Waals surface area contributed by atoms with Crippen LogP contribution in [0.4, 0.5) is 4.39 Å². The highest BCUT2D eigenvalue weighted by Crippen LogP contribution is 2.15. The Morgan fingerprint density at radius 2 is 1.87 bits per heavy atom. The van der Waals surface area contributed by atoms with Gasteiger partial charge in [0.25, 0.3) is 0 Å². The lowest BCUT2D eigenvalue weighted by Gasteiger charge is -2.01. The van der Waals surface area contributed by atoms with E-state index >= 15 is 0 Å². The van der Waals surface area contributed by atoms with Gasteiger partial charge < -0.3 is 0 Å². The van der Waals surface area contributed by atoms with Crippen molar-refractivity contribution in [2.24, 2.45) is 0 Å². The highest BCUT2D eigenvalue weighted by molar-refractivity contribution is 9.08. The number of hydrogen-bond acceptors (Lipinski definition) is 2. The van der Waals surface area contributed by atoms with E-state index in [0.717, 1.165) is 11.3 Å². The van der Waals surface area contributed by atoms with Gasteiger partial charge >= 0.3 is 0 Å². The molecule has 0 radical (unpaired) electrons. The van der Waals surface area contributed by atoms with Gasteiger partial charge in [-0.3, -0.25) is 0 Å². The number of nitrogens with zero attached hydrogens (tertiary/aromatic N) is 2. The summed E-state index contributed by atoms with van der Waals surface area (Å²) in [6, 6.07) is 7.98. The van der Waals surface area contributed by atoms with E-state index in [9.17, 15) is 4.39 Å². The molecular weight excluding hydrogens is 259 g/mol. The fraction of sp³-hybridized carbons (Fsp3) is 0.0909. The quantitative estimate of drug-likeness (QED) is 0.781. The van der Waals surface area contributed by atoms with Crippen LogP contribution in [0.5, 0.6) is 0 Å². The van der Waals surface area contributed by atoms with E-state index in [0.29, 0.717) is 11.2 Å². The standard InChI is InChI=1S/C11H8BrFN2/c12-7-10-5-6-14-11(15-10)8-1-3-9(13)4-2-8/h1-6H,7H2. The molecule has 4 heteroatoms. The summed E-state index contributed by atoms with van der Waals surface area (Å²) in [6.45, 7) is 0. The van der Waals surface area contributed by atoms with Gasteiger partial charge in [-0.15, -0.1) is 0 Å². The summed E-state index contributed by atoms with van der Waals surface area (Å²) in [6.07, 6.45) is 1.70. The molecule has 0 bridgehead atoms. The van der Waals surface area contributed by atoms with Crippen LogP contribution in [0, 0.1) is 5.82 Å². The molecule has 2 nitrogen and oxygen atoms in total. The monoisotopic (exact) mass is 266 g/mol. The molecule has 0 N–H and O–H groups in total. The Hall–Kier alpha value is -1.29. The van der Waals surface area contributed by atoms with Crippen molar-refractivity contribution in [3.63, 3.8) is 0 Å². The van der Waals surface area contributed by atoms with Gasteiger partial charge in [0.15, 0.2) is 5.82 Å². The van der Waals surface area contributed by atoms with E-state index in [1.807, 2.05) is 6.07 Å². The molecule has 0 spiro atoms. The van der Waals surface area contributed by atoms with Gasteiger partial charge in [-0.2, -0.15) is 0 Å². The lowest BCUT2D eigenvalue weighted by atomic mass is 10.2. The average Bonchev–Trinajstić information content (AvgIpc) is 2.30. The van der Waals surface area contributed by atoms with Gasteiger partial charge in [-0.1, -0.05) is 15.9 Å². The summed E-state index contributed by atoms with van der Waals surface area (Å²) in [5, 5.41) is 0.684. The second kappa shape index (κ2) is 4.49. The van der Waals surface area contributed by atoms with Gasteiger partial charge in [0.05, 0.1) is 5.69 Å². The highest BCUT2D eigenvalue weighted by atomic mass is 79.9. The van der Waals surface area contributed by atoms with E-state index in [1.54, 1.807) is 18.3 Å². The second-order valence-corrected chi connectivity index (χ2v) is 3.57. The first kappa shape index (κ1) is 10.2. The van der Waals surface area contributed by atoms with Gasteiger partial charge in [0.2, 0.25) is 0 Å². The van der Waals surface area contributed by atoms with Crippen LogP contribution < -0.4 is 0 Å². The van der Waals surface area contributed by atoms with Crippen molar-refractivity contribution >= 4 is 15.9 Å². The van der Waals surface area contributed by atoms with Crippen LogP contribution in [0.15, 0.2) is 36.5 Å². The maximum atomic E-state index is 12.7. The minimum Gasteiger partial charge on any atom is -0.237 e. The van der Waals surface area contributed by atoms with Crippen molar-refractivity contribution in [1.82, 2.24) is 9.97 Å². The van der Waals surface area contributed by atoms with Crippen LogP contribution in [0.2, 0.25) is 0 Å². The molecule has 0 saturated carbocycles. The van der Waals surface area contributed by atoms with Crippen molar-refractivity contribution in [3.05, 3.63) is 48.0 Å². The third-order valence-corrected chi connectivity index (χ3v) is 2.53. The lowest BCUT2D eigenvalue weighted by molar-refractivity contribution is 0.628. The number of hydrogen-bond donors (Lipinski definition) is 0. The zero-order chi connectivity index (χ0) is 10.7. The molecule has 2 aromatic rings. The summed E-state index contributed by atoms with van der Waals surface area (Å²) < 4.78 is 12.7. The topological polar surface area (TPSA) is 25.8 Å². The molecule has 1 heterocycles. The smallest absolute Gasteiger partial charge is 0.159 e. The number of alkyl halides is 1. The third kappa shape index (κ3) is 2.39. The van der Waals surface area contributed by atoms with Crippen LogP contribution in [0.25, 0.3) is 11.4 Å². The molecule has 0 atom stereocenters. The van der Waals surface area contributed by atoms with Gasteiger partial charge in [0.1, 0.15) is 5.82 Å². The van der Waals surface area contributed by atoms with Crippen LogP contribution in [-0.2, 0) is 5.33 Å². The van der Waals surface area contributed by atoms with Gasteiger partial charge in [-0.05, 0) is 30.3 Å². The van der Waals surface area contributed by atoms with Crippen molar-refractivity contribution < 1.29 is 4.39 Å². The van der Waals surface area contributed by atoms with Crippen LogP contribution >= 0.6 is 15.9 Å². The molecule has 1 aromatic heterocycles. The summed E-state index contributed by atoms with van der Waals surface area (Å²) in [7, 11) is 0. The molecule has 0 fully saturated rings. The normalized spacial score (nSPS) is 10.3. The predicted molar refractivity (Wildman–Crippen MR) is 60.1 cm³/mol. The number of rotatable bonds is 2. The Bertz CT molecular complexity index is 456. The van der Waals surface area contributed by atoms with Gasteiger partial charge in [0, 0.05) is 17.1 Å². The maximum absolute atomic E-state index is 12.7. The third-order valence-electron chi connectivity index (χ3n) is 1.95. The Morgan fingerprint density at radius 3 is 2.53 bits per heavy atom. The molecule has 76 valence electrons. The number of benzene rings is 1. The summed E-state index contributed by atoms with van der Waals surface area (Å²) in [4.78, 5) is 8.44. The molecule has 1 aromatic carbocycles. The van der Waals surface area contributed by atoms with E-state index in [2.05, 4.69) is 25.9 Å². The van der Waals surface area contributed by atoms with E-state index in [1.165, 1.54) is 12.1 Å². The second-order valence-electron chi connectivity index (χ2n) is 3.01. The van der Waals surface area contributed by atoms with Crippen molar-refractivity contribution in [2.45, 2.75) is 5.33 Å². The van der Waals surface area contributed by atoms with Crippen molar-refractivity contribution in [1.29, 1.82) is 0 Å². The molecule has 2 rings (SSSR count). The Labute approximate surface area is 95.3 Å². The number of halogens is 2. The number of aromatic nitrogens is 2. The average molecular weight is 267 g/mol. The summed E-state index contributed by atoms with van der Waals surface area (Å²) in [5.41, 5.74) is 1.73. The molecule has 0 saturated heterocycles. The Morgan fingerprint density at radius 1 is 1.13 bits per heavy atom. The molecule has 0 unspecified atom stereocenters. The Balaban J connectivity index is 2.40. The molecule has 0 aliphatic heterocycles. The fourth-order valence-corrected chi connectivity index (χ4v) is 1.52. The molecular formula is C11H8BrFN2. The molecule has 0 aliphatic carbocycles. The van der Waals surface area contributed by atoms with Crippen LogP contribution in [-0.4, -0.2) is 9.97 Å². The lowest BCUT2D eigenvalue weighted by Crippen LogP contribution is -1.92. The van der Waals surface area contributed by atoms with E-state index in [-0.39, 0.29) is 5.82 Å². The largest absolute Gasteiger partial charge is 0.237 e.